The van der Waals surface area contributed by atoms with Crippen LogP contribution >= 0.6 is 0 Å². The van der Waals surface area contributed by atoms with Gasteiger partial charge < -0.3 is 19.5 Å². The molecule has 6 rings (SSSR count). The summed E-state index contributed by atoms with van der Waals surface area (Å²) >= 11 is 0. The lowest BCUT2D eigenvalue weighted by Crippen LogP contribution is -2.61. The second-order valence-corrected chi connectivity index (χ2v) is 11.1. The lowest BCUT2D eigenvalue weighted by molar-refractivity contribution is -0.274. The van der Waals surface area contributed by atoms with Crippen LogP contribution in [0, 0.1) is 5.41 Å². The Balaban J connectivity index is 1.00. The monoisotopic (exact) mass is 548 g/mol. The lowest BCUT2D eigenvalue weighted by Gasteiger charge is -2.60. The van der Waals surface area contributed by atoms with E-state index in [9.17, 15) is 18.0 Å². The van der Waals surface area contributed by atoms with Gasteiger partial charge in [0.1, 0.15) is 5.75 Å². The van der Waals surface area contributed by atoms with Crippen LogP contribution in [0.2, 0.25) is 0 Å². The first-order chi connectivity index (χ1) is 19.1. The summed E-state index contributed by atoms with van der Waals surface area (Å²) < 4.78 is 43.1. The minimum absolute atomic E-state index is 0.110. The second-order valence-electron chi connectivity index (χ2n) is 11.1. The van der Waals surface area contributed by atoms with E-state index in [0.29, 0.717) is 24.4 Å². The number of carbonyl (C=O) groups is 1. The van der Waals surface area contributed by atoms with Gasteiger partial charge in [-0.25, -0.2) is 0 Å². The largest absolute Gasteiger partial charge is 0.573 e. The van der Waals surface area contributed by atoms with E-state index in [1.165, 1.54) is 12.1 Å². The molecule has 4 aliphatic rings. The molecule has 208 valence electrons. The first-order valence-corrected chi connectivity index (χ1v) is 13.5. The van der Waals surface area contributed by atoms with Gasteiger partial charge >= 0.3 is 6.36 Å². The number of nitrogens with zero attached hydrogens (tertiary/aromatic N) is 3. The van der Waals surface area contributed by atoms with Crippen LogP contribution in [0.5, 0.6) is 5.75 Å². The van der Waals surface area contributed by atoms with Gasteiger partial charge in [-0.15, -0.1) is 13.2 Å². The van der Waals surface area contributed by atoms with Crippen LogP contribution in [0.15, 0.2) is 67.0 Å². The van der Waals surface area contributed by atoms with Crippen molar-refractivity contribution in [3.63, 3.8) is 0 Å². The normalized spacial score (nSPS) is 16.6. The van der Waals surface area contributed by atoms with E-state index in [1.54, 1.807) is 12.1 Å². The van der Waals surface area contributed by atoms with E-state index >= 15 is 0 Å². The molecule has 2 aromatic carbocycles. The molecule has 1 spiro atoms. The molecule has 1 saturated carbocycles. The lowest BCUT2D eigenvalue weighted by atomic mass is 9.56. The summed E-state index contributed by atoms with van der Waals surface area (Å²) in [6.45, 7) is 4.40. The Morgan fingerprint density at radius 2 is 1.77 bits per heavy atom. The third-order valence-electron chi connectivity index (χ3n) is 8.20. The van der Waals surface area contributed by atoms with Gasteiger partial charge in [0.2, 0.25) is 0 Å². The van der Waals surface area contributed by atoms with Gasteiger partial charge in [0.15, 0.2) is 0 Å². The average molecular weight is 549 g/mol. The van der Waals surface area contributed by atoms with Crippen molar-refractivity contribution < 1.29 is 22.7 Å². The number of rotatable bonds is 7. The van der Waals surface area contributed by atoms with Crippen LogP contribution in [-0.4, -0.2) is 34.9 Å². The Kier molecular flexibility index (Phi) is 6.47. The first-order valence-electron chi connectivity index (χ1n) is 13.5. The van der Waals surface area contributed by atoms with Crippen LogP contribution in [0.3, 0.4) is 0 Å². The fourth-order valence-corrected chi connectivity index (χ4v) is 6.21. The summed E-state index contributed by atoms with van der Waals surface area (Å²) in [7, 11) is 1.93. The maximum absolute atomic E-state index is 13.1. The zero-order valence-corrected chi connectivity index (χ0v) is 22.5. The number of halogens is 3. The summed E-state index contributed by atoms with van der Waals surface area (Å²) in [4.78, 5) is 20.1. The van der Waals surface area contributed by atoms with Crippen molar-refractivity contribution in [2.45, 2.75) is 45.0 Å². The number of aryl methyl sites for hydroxylation is 2. The summed E-state index contributed by atoms with van der Waals surface area (Å²) in [5.41, 5.74) is 6.70. The smallest absolute Gasteiger partial charge is 0.406 e. The van der Waals surface area contributed by atoms with Crippen molar-refractivity contribution in [2.75, 3.05) is 18.0 Å². The van der Waals surface area contributed by atoms with Crippen molar-refractivity contribution in [3.05, 3.63) is 89.4 Å². The Bertz CT molecular complexity index is 1480. The maximum Gasteiger partial charge on any atom is 0.573 e. The number of nitrogens with one attached hydrogen (secondary N) is 1. The molecule has 40 heavy (non-hydrogen) atoms. The highest BCUT2D eigenvalue weighted by Gasteiger charge is 2.52. The molecule has 0 radical (unpaired) electrons. The van der Waals surface area contributed by atoms with Crippen molar-refractivity contribution >= 4 is 11.6 Å². The molecule has 1 saturated heterocycles. The van der Waals surface area contributed by atoms with Gasteiger partial charge in [0, 0.05) is 55.7 Å². The molecule has 0 aromatic heterocycles. The highest BCUT2D eigenvalue weighted by atomic mass is 19.4. The Hall–Kier alpha value is -4.01. The SMILES string of the molecule is CCc1nc2ccn(C)cc-2c1C(=O)NCc1ccc(N2CC3(CC(c4ccc(OC(F)(F)F)cc4)C3)C2)cc1. The minimum Gasteiger partial charge on any atom is -0.406 e. The molecule has 6 nitrogen and oxygen atoms in total. The van der Waals surface area contributed by atoms with Crippen LogP contribution < -0.4 is 15.0 Å². The van der Waals surface area contributed by atoms with E-state index in [0.717, 1.165) is 59.7 Å². The van der Waals surface area contributed by atoms with Crippen molar-refractivity contribution in [1.82, 2.24) is 14.9 Å². The number of anilines is 1. The molecule has 1 amide bonds. The van der Waals surface area contributed by atoms with E-state index in [-0.39, 0.29) is 17.1 Å². The molecule has 1 N–H and O–H groups in total. The molecule has 0 atom stereocenters. The number of amides is 1. The highest BCUT2D eigenvalue weighted by molar-refractivity contribution is 6.02. The molecular formula is C31H31F3N4O2. The van der Waals surface area contributed by atoms with Gasteiger partial charge in [-0.05, 0) is 66.6 Å². The van der Waals surface area contributed by atoms with Crippen LogP contribution in [-0.2, 0) is 20.0 Å². The molecule has 0 unspecified atom stereocenters. The quantitative estimate of drug-likeness (QED) is 0.295. The van der Waals surface area contributed by atoms with Crippen molar-refractivity contribution in [3.8, 4) is 17.0 Å². The van der Waals surface area contributed by atoms with Crippen molar-refractivity contribution in [1.29, 1.82) is 0 Å². The van der Waals surface area contributed by atoms with Gasteiger partial charge in [0.25, 0.3) is 5.91 Å². The van der Waals surface area contributed by atoms with E-state index in [1.807, 2.05) is 37.0 Å². The fourth-order valence-electron chi connectivity index (χ4n) is 6.21. The topological polar surface area (TPSA) is 59.4 Å². The van der Waals surface area contributed by atoms with Gasteiger partial charge in [0.05, 0.1) is 17.0 Å². The fraction of sp³-hybridized carbons (Fsp3) is 0.355. The first kappa shape index (κ1) is 26.2. The van der Waals surface area contributed by atoms with Crippen molar-refractivity contribution in [2.24, 2.45) is 12.5 Å². The number of pyridine rings is 1. The summed E-state index contributed by atoms with van der Waals surface area (Å²) in [5.74, 6) is 0.0828. The third kappa shape index (κ3) is 5.12. The van der Waals surface area contributed by atoms with Crippen LogP contribution in [0.1, 0.15) is 52.9 Å². The number of alkyl halides is 3. The Morgan fingerprint density at radius 1 is 1.07 bits per heavy atom. The standard InChI is InChI=1S/C31H31F3N4O2/c1-3-26-28(25-17-37(2)13-12-27(25)36-26)29(39)35-16-20-4-8-23(9-5-20)38-18-30(19-38)14-22(15-30)21-6-10-24(11-7-21)40-31(32,33)34/h4-13,17,22H,3,14-16,18-19H2,1-2H3,(H,35,39). The molecular weight excluding hydrogens is 517 g/mol. The van der Waals surface area contributed by atoms with E-state index in [2.05, 4.69) is 44.2 Å². The predicted molar refractivity (Wildman–Crippen MR) is 147 cm³/mol. The van der Waals surface area contributed by atoms with E-state index in [4.69, 9.17) is 0 Å². The Morgan fingerprint density at radius 3 is 2.42 bits per heavy atom. The molecule has 0 bridgehead atoms. The van der Waals surface area contributed by atoms with Crippen LogP contribution in [0.25, 0.3) is 11.3 Å². The Labute approximate surface area is 231 Å². The molecule has 2 fully saturated rings. The van der Waals surface area contributed by atoms with Crippen LogP contribution in [0.4, 0.5) is 18.9 Å². The summed E-state index contributed by atoms with van der Waals surface area (Å²) in [6, 6.07) is 16.5. The number of hydrogen-bond acceptors (Lipinski definition) is 4. The molecule has 1 aliphatic carbocycles. The maximum atomic E-state index is 13.1. The van der Waals surface area contributed by atoms with Gasteiger partial charge in [-0.2, -0.15) is 0 Å². The highest BCUT2D eigenvalue weighted by Crippen LogP contribution is 2.56. The number of fused-ring (bicyclic) bond motifs is 1. The number of ether oxygens (including phenoxy) is 1. The molecule has 3 aliphatic heterocycles. The molecule has 3 heterocycles. The minimum atomic E-state index is -4.67. The third-order valence-corrected chi connectivity index (χ3v) is 8.20. The number of aromatic nitrogens is 2. The molecule has 2 aromatic rings. The number of carbonyl (C=O) groups excluding carboxylic acids is 1. The summed E-state index contributed by atoms with van der Waals surface area (Å²) in [5, 5.41) is 3.07. The second kappa shape index (κ2) is 9.87. The number of hydrogen-bond donors (Lipinski definition) is 1. The molecule has 9 heteroatoms. The van der Waals surface area contributed by atoms with Gasteiger partial charge in [-0.3, -0.25) is 9.78 Å². The predicted octanol–water partition coefficient (Wildman–Crippen LogP) is 6.30. The van der Waals surface area contributed by atoms with E-state index < -0.39 is 6.36 Å². The van der Waals surface area contributed by atoms with Gasteiger partial charge in [-0.1, -0.05) is 31.2 Å². The summed E-state index contributed by atoms with van der Waals surface area (Å²) in [6.07, 6.45) is 1.97. The zero-order chi connectivity index (χ0) is 28.1. The average Bonchev–Trinajstić information content (AvgIpc) is 3.24. The zero-order valence-electron chi connectivity index (χ0n) is 22.5. The number of benzene rings is 2.